The van der Waals surface area contributed by atoms with Crippen LogP contribution in [-0.2, 0) is 9.59 Å². The van der Waals surface area contributed by atoms with Crippen LogP contribution in [0.5, 0.6) is 0 Å². The summed E-state index contributed by atoms with van der Waals surface area (Å²) in [6.45, 7) is 5.23. The van der Waals surface area contributed by atoms with Crippen molar-refractivity contribution in [3.8, 4) is 0 Å². The van der Waals surface area contributed by atoms with Crippen molar-refractivity contribution in [2.45, 2.75) is 25.5 Å². The van der Waals surface area contributed by atoms with E-state index in [0.29, 0.717) is 13.0 Å². The molecule has 6 heteroatoms. The minimum absolute atomic E-state index is 0.0960. The lowest BCUT2D eigenvalue weighted by Crippen LogP contribution is -2.58. The van der Waals surface area contributed by atoms with Crippen molar-refractivity contribution in [1.29, 1.82) is 0 Å². The van der Waals surface area contributed by atoms with Crippen LogP contribution in [0.4, 0.5) is 0 Å². The van der Waals surface area contributed by atoms with E-state index < -0.39 is 17.6 Å². The van der Waals surface area contributed by atoms with E-state index in [-0.39, 0.29) is 12.0 Å². The van der Waals surface area contributed by atoms with Gasteiger partial charge in [-0.2, -0.15) is 5.01 Å². The van der Waals surface area contributed by atoms with E-state index in [0.717, 1.165) is 5.01 Å². The van der Waals surface area contributed by atoms with Crippen LogP contribution in [0.3, 0.4) is 0 Å². The summed E-state index contributed by atoms with van der Waals surface area (Å²) in [5.41, 5.74) is 0.578. The Balaban J connectivity index is 2.74. The Hall–Kier alpha value is -1.40. The molecule has 84 valence electrons. The number of hydrogen-bond acceptors (Lipinski definition) is 4. The fourth-order valence-electron chi connectivity index (χ4n) is 1.39. The highest BCUT2D eigenvalue weighted by atomic mass is 16.4. The van der Waals surface area contributed by atoms with Gasteiger partial charge in [0.1, 0.15) is 0 Å². The molecule has 0 aromatic rings. The van der Waals surface area contributed by atoms with E-state index >= 15 is 0 Å². The monoisotopic (exact) mass is 214 g/mol. The summed E-state index contributed by atoms with van der Waals surface area (Å²) in [7, 11) is 0. The lowest BCUT2D eigenvalue weighted by molar-refractivity contribution is -0.183. The second kappa shape index (κ2) is 4.00. The lowest BCUT2D eigenvalue weighted by atomic mass is 10.2. The topological polar surface area (TPSA) is 89.9 Å². The van der Waals surface area contributed by atoms with Gasteiger partial charge in [-0.1, -0.05) is 6.58 Å². The summed E-state index contributed by atoms with van der Waals surface area (Å²) in [5, 5.41) is 19.6. The summed E-state index contributed by atoms with van der Waals surface area (Å²) in [6, 6.07) is 0. The number of aliphatic carboxylic acids is 1. The molecule has 0 bridgehead atoms. The van der Waals surface area contributed by atoms with Gasteiger partial charge in [0.2, 0.25) is 5.72 Å². The van der Waals surface area contributed by atoms with Gasteiger partial charge in [-0.15, -0.1) is 0 Å². The SMILES string of the molecule is C=C(C)C(=O)NN1CCC[C@@]1(O)C(=O)O. The zero-order valence-electron chi connectivity index (χ0n) is 8.49. The van der Waals surface area contributed by atoms with Crippen molar-refractivity contribution in [3.05, 3.63) is 12.2 Å². The number of nitrogens with zero attached hydrogens (tertiary/aromatic N) is 1. The zero-order valence-corrected chi connectivity index (χ0v) is 8.49. The first kappa shape index (κ1) is 11.7. The molecule has 1 heterocycles. The number of hydrazine groups is 1. The number of hydrogen-bond donors (Lipinski definition) is 3. The van der Waals surface area contributed by atoms with Gasteiger partial charge in [-0.25, -0.2) is 4.79 Å². The van der Waals surface area contributed by atoms with E-state index in [1.807, 2.05) is 0 Å². The Bertz CT molecular complexity index is 315. The van der Waals surface area contributed by atoms with Crippen LogP contribution in [0.2, 0.25) is 0 Å². The highest BCUT2D eigenvalue weighted by Gasteiger charge is 2.47. The highest BCUT2D eigenvalue weighted by Crippen LogP contribution is 2.24. The van der Waals surface area contributed by atoms with Crippen molar-refractivity contribution in [2.24, 2.45) is 0 Å². The predicted octanol–water partition coefficient (Wildman–Crippen LogP) is -0.537. The number of rotatable bonds is 3. The number of carbonyl (C=O) groups excluding carboxylic acids is 1. The smallest absolute Gasteiger partial charge is 0.353 e. The highest BCUT2D eigenvalue weighted by molar-refractivity contribution is 5.92. The number of aliphatic hydroxyl groups is 1. The molecule has 0 aliphatic carbocycles. The molecule has 1 amide bonds. The fraction of sp³-hybridized carbons (Fsp3) is 0.556. The maximum atomic E-state index is 11.3. The van der Waals surface area contributed by atoms with Gasteiger partial charge in [0.25, 0.3) is 5.91 Å². The van der Waals surface area contributed by atoms with Crippen molar-refractivity contribution < 1.29 is 19.8 Å². The average Bonchev–Trinajstić information content (AvgIpc) is 2.49. The number of carbonyl (C=O) groups is 2. The van der Waals surface area contributed by atoms with Crippen molar-refractivity contribution in [2.75, 3.05) is 6.54 Å². The molecule has 0 unspecified atom stereocenters. The molecule has 1 aliphatic heterocycles. The Morgan fingerprint density at radius 2 is 2.13 bits per heavy atom. The molecule has 15 heavy (non-hydrogen) atoms. The number of carboxylic acid groups (broad SMARTS) is 1. The lowest BCUT2D eigenvalue weighted by Gasteiger charge is -2.29. The Kier molecular flexibility index (Phi) is 3.11. The van der Waals surface area contributed by atoms with E-state index in [4.69, 9.17) is 5.11 Å². The van der Waals surface area contributed by atoms with Crippen LogP contribution < -0.4 is 5.43 Å². The van der Waals surface area contributed by atoms with E-state index in [9.17, 15) is 14.7 Å². The van der Waals surface area contributed by atoms with E-state index in [1.54, 1.807) is 0 Å². The third-order valence-electron chi connectivity index (χ3n) is 2.32. The first-order chi connectivity index (χ1) is 6.88. The van der Waals surface area contributed by atoms with Gasteiger partial charge in [0.15, 0.2) is 0 Å². The maximum absolute atomic E-state index is 11.3. The molecule has 1 aliphatic rings. The molecule has 0 aromatic carbocycles. The molecule has 1 saturated heterocycles. The molecule has 0 spiro atoms. The summed E-state index contributed by atoms with van der Waals surface area (Å²) in [6.07, 6.45) is 0.609. The molecule has 3 N–H and O–H groups in total. The number of carboxylic acids is 1. The molecule has 1 fully saturated rings. The van der Waals surface area contributed by atoms with Gasteiger partial charge in [-0.3, -0.25) is 10.2 Å². The normalized spacial score (nSPS) is 26.3. The van der Waals surface area contributed by atoms with Crippen LogP contribution >= 0.6 is 0 Å². The first-order valence-corrected chi connectivity index (χ1v) is 4.58. The molecule has 0 radical (unpaired) electrons. The Labute approximate surface area is 87.2 Å². The average molecular weight is 214 g/mol. The molecule has 1 atom stereocenters. The van der Waals surface area contributed by atoms with E-state index in [2.05, 4.69) is 12.0 Å². The predicted molar refractivity (Wildman–Crippen MR) is 51.5 cm³/mol. The van der Waals surface area contributed by atoms with Crippen LogP contribution in [0, 0.1) is 0 Å². The fourth-order valence-corrected chi connectivity index (χ4v) is 1.39. The quantitative estimate of drug-likeness (QED) is 0.549. The maximum Gasteiger partial charge on any atom is 0.353 e. The standard InChI is InChI=1S/C9H14N2O4/c1-6(2)7(12)10-11-5-3-4-9(11,15)8(13)14/h15H,1,3-5H2,2H3,(H,10,12)(H,13,14)/t9-/m1/s1. The first-order valence-electron chi connectivity index (χ1n) is 4.58. The van der Waals surface area contributed by atoms with Crippen molar-refractivity contribution in [1.82, 2.24) is 10.4 Å². The van der Waals surface area contributed by atoms with Gasteiger partial charge in [0, 0.05) is 18.5 Å². The molecule has 0 saturated carbocycles. The minimum atomic E-state index is -1.99. The zero-order chi connectivity index (χ0) is 11.6. The summed E-state index contributed by atoms with van der Waals surface area (Å²) in [5.74, 6) is -1.85. The van der Waals surface area contributed by atoms with Crippen molar-refractivity contribution in [3.63, 3.8) is 0 Å². The Morgan fingerprint density at radius 3 is 2.60 bits per heavy atom. The second-order valence-corrected chi connectivity index (χ2v) is 3.60. The molecule has 6 nitrogen and oxygen atoms in total. The third-order valence-corrected chi connectivity index (χ3v) is 2.32. The number of nitrogens with one attached hydrogen (secondary N) is 1. The molecular formula is C9H14N2O4. The van der Waals surface area contributed by atoms with Crippen LogP contribution in [0.15, 0.2) is 12.2 Å². The van der Waals surface area contributed by atoms with Crippen LogP contribution in [0.25, 0.3) is 0 Å². The molecule has 0 aromatic heterocycles. The molecular weight excluding hydrogens is 200 g/mol. The van der Waals surface area contributed by atoms with Crippen LogP contribution in [-0.4, -0.2) is 39.4 Å². The summed E-state index contributed by atoms with van der Waals surface area (Å²) in [4.78, 5) is 22.1. The van der Waals surface area contributed by atoms with Gasteiger partial charge >= 0.3 is 5.97 Å². The third kappa shape index (κ3) is 2.16. The van der Waals surface area contributed by atoms with Gasteiger partial charge < -0.3 is 10.2 Å². The largest absolute Gasteiger partial charge is 0.478 e. The number of amides is 1. The minimum Gasteiger partial charge on any atom is -0.478 e. The van der Waals surface area contributed by atoms with Crippen LogP contribution in [0.1, 0.15) is 19.8 Å². The van der Waals surface area contributed by atoms with E-state index in [1.165, 1.54) is 6.92 Å². The summed E-state index contributed by atoms with van der Waals surface area (Å²) < 4.78 is 0. The Morgan fingerprint density at radius 1 is 1.53 bits per heavy atom. The second-order valence-electron chi connectivity index (χ2n) is 3.60. The van der Waals surface area contributed by atoms with Crippen molar-refractivity contribution >= 4 is 11.9 Å². The summed E-state index contributed by atoms with van der Waals surface area (Å²) >= 11 is 0. The van der Waals surface area contributed by atoms with Gasteiger partial charge in [-0.05, 0) is 13.3 Å². The van der Waals surface area contributed by atoms with Gasteiger partial charge in [0.05, 0.1) is 0 Å². The molecule has 1 rings (SSSR count).